The number of carbonyl (C=O) groups excluding carboxylic acids is 1. The highest BCUT2D eigenvalue weighted by molar-refractivity contribution is 5.69. The van der Waals surface area contributed by atoms with E-state index >= 15 is 0 Å². The Morgan fingerprint density at radius 3 is 2.25 bits per heavy atom. The summed E-state index contributed by atoms with van der Waals surface area (Å²) in [5.41, 5.74) is -0.494. The highest BCUT2D eigenvalue weighted by Gasteiger charge is 2.43. The Morgan fingerprint density at radius 1 is 1.04 bits per heavy atom. The minimum absolute atomic E-state index is 0.0802. The zero-order valence-electron chi connectivity index (χ0n) is 16.5. The van der Waals surface area contributed by atoms with Crippen molar-refractivity contribution in [1.29, 1.82) is 0 Å². The number of nitrogens with zero attached hydrogens (tertiary/aromatic N) is 1. The second-order valence-electron chi connectivity index (χ2n) is 8.26. The molecule has 1 rings (SSSR count). The van der Waals surface area contributed by atoms with Crippen LogP contribution in [0.1, 0.15) is 98.8 Å². The Labute approximate surface area is 148 Å². The Balaban J connectivity index is 2.70. The molecule has 0 aromatic carbocycles. The Bertz CT molecular complexity index is 364. The smallest absolute Gasteiger partial charge is 0.410 e. The molecule has 1 aliphatic rings. The number of ether oxygens (including phenoxy) is 1. The molecule has 0 bridgehead atoms. The van der Waals surface area contributed by atoms with Crippen LogP contribution >= 0.6 is 0 Å². The summed E-state index contributed by atoms with van der Waals surface area (Å²) in [4.78, 5) is 14.6. The van der Waals surface area contributed by atoms with Crippen molar-refractivity contribution in [2.24, 2.45) is 0 Å². The normalized spacial score (nSPS) is 24.4. The van der Waals surface area contributed by atoms with Gasteiger partial charge in [0.1, 0.15) is 5.60 Å². The largest absolute Gasteiger partial charge is 0.444 e. The number of hydrogen-bond donors (Lipinski definition) is 1. The van der Waals surface area contributed by atoms with E-state index in [0.29, 0.717) is 6.42 Å². The summed E-state index contributed by atoms with van der Waals surface area (Å²) >= 11 is 0. The molecule has 142 valence electrons. The van der Waals surface area contributed by atoms with E-state index in [1.807, 2.05) is 25.7 Å². The van der Waals surface area contributed by atoms with Gasteiger partial charge in [-0.05, 0) is 40.0 Å². The van der Waals surface area contributed by atoms with Crippen LogP contribution in [0.4, 0.5) is 4.79 Å². The highest BCUT2D eigenvalue weighted by atomic mass is 16.6. The van der Waals surface area contributed by atoms with E-state index in [0.717, 1.165) is 32.1 Å². The zero-order chi connectivity index (χ0) is 18.2. The number of unbranched alkanes of at least 4 members (excludes halogenated alkanes) is 5. The fourth-order valence-electron chi connectivity index (χ4n) is 3.59. The molecule has 4 nitrogen and oxygen atoms in total. The lowest BCUT2D eigenvalue weighted by molar-refractivity contribution is 0.00650. The third-order valence-corrected chi connectivity index (χ3v) is 4.81. The molecule has 0 aliphatic carbocycles. The summed E-state index contributed by atoms with van der Waals surface area (Å²) < 4.78 is 5.63. The molecule has 1 heterocycles. The van der Waals surface area contributed by atoms with Crippen LogP contribution in [0.5, 0.6) is 0 Å². The number of rotatable bonds is 9. The topological polar surface area (TPSA) is 49.8 Å². The lowest BCUT2D eigenvalue weighted by Gasteiger charge is -2.33. The second-order valence-corrected chi connectivity index (χ2v) is 8.26. The van der Waals surface area contributed by atoms with Crippen LogP contribution in [0.25, 0.3) is 0 Å². The van der Waals surface area contributed by atoms with Gasteiger partial charge >= 0.3 is 6.09 Å². The van der Waals surface area contributed by atoms with Gasteiger partial charge in [-0.1, -0.05) is 58.8 Å². The van der Waals surface area contributed by atoms with Gasteiger partial charge in [0.05, 0.1) is 12.1 Å². The summed E-state index contributed by atoms with van der Waals surface area (Å²) in [6.07, 6.45) is 10.0. The van der Waals surface area contributed by atoms with Crippen LogP contribution in [0, 0.1) is 0 Å². The SMILES string of the molecule is CCCCCCC[C@@H]1[C@H](O)C[C@H](CCCC)N1C(=O)OC(C)(C)C. The zero-order valence-corrected chi connectivity index (χ0v) is 16.5. The van der Waals surface area contributed by atoms with Gasteiger partial charge < -0.3 is 9.84 Å². The Kier molecular flexibility index (Phi) is 9.11. The molecule has 0 spiro atoms. The minimum Gasteiger partial charge on any atom is -0.444 e. The van der Waals surface area contributed by atoms with Crippen molar-refractivity contribution in [2.45, 2.75) is 123 Å². The van der Waals surface area contributed by atoms with Gasteiger partial charge in [-0.15, -0.1) is 0 Å². The average molecular weight is 342 g/mol. The average Bonchev–Trinajstić information content (AvgIpc) is 2.79. The molecule has 1 fully saturated rings. The first-order valence-corrected chi connectivity index (χ1v) is 9.99. The van der Waals surface area contributed by atoms with Gasteiger partial charge in [-0.25, -0.2) is 4.79 Å². The number of carbonyl (C=O) groups is 1. The van der Waals surface area contributed by atoms with Crippen molar-refractivity contribution in [3.05, 3.63) is 0 Å². The van der Waals surface area contributed by atoms with Crippen molar-refractivity contribution >= 4 is 6.09 Å². The van der Waals surface area contributed by atoms with Crippen LogP contribution in [0.2, 0.25) is 0 Å². The molecule has 3 atom stereocenters. The van der Waals surface area contributed by atoms with E-state index in [1.165, 1.54) is 25.7 Å². The molecule has 0 aromatic heterocycles. The van der Waals surface area contributed by atoms with Crippen molar-refractivity contribution in [1.82, 2.24) is 4.90 Å². The van der Waals surface area contributed by atoms with Crippen molar-refractivity contribution < 1.29 is 14.6 Å². The van der Waals surface area contributed by atoms with Crippen molar-refractivity contribution in [3.8, 4) is 0 Å². The first kappa shape index (κ1) is 21.3. The van der Waals surface area contributed by atoms with E-state index in [9.17, 15) is 9.90 Å². The third-order valence-electron chi connectivity index (χ3n) is 4.81. The standard InChI is InChI=1S/C20H39NO3/c1-6-8-10-11-12-14-17-18(22)15-16(13-9-7-2)21(17)19(23)24-20(3,4)5/h16-18,22H,6-15H2,1-5H3/t16-,17+,18+/m0/s1. The highest BCUT2D eigenvalue weighted by Crippen LogP contribution is 2.32. The number of amides is 1. The maximum atomic E-state index is 12.7. The number of aliphatic hydroxyl groups is 1. The van der Waals surface area contributed by atoms with Gasteiger partial charge in [-0.2, -0.15) is 0 Å². The van der Waals surface area contributed by atoms with Crippen LogP contribution in [-0.2, 0) is 4.74 Å². The molecule has 1 amide bonds. The lowest BCUT2D eigenvalue weighted by Crippen LogP contribution is -2.46. The molecule has 24 heavy (non-hydrogen) atoms. The molecule has 1 saturated heterocycles. The van der Waals surface area contributed by atoms with Crippen molar-refractivity contribution in [2.75, 3.05) is 0 Å². The van der Waals surface area contributed by atoms with Crippen LogP contribution in [0.15, 0.2) is 0 Å². The molecule has 1 aliphatic heterocycles. The predicted molar refractivity (Wildman–Crippen MR) is 99.2 cm³/mol. The summed E-state index contributed by atoms with van der Waals surface area (Å²) in [6.45, 7) is 10.1. The van der Waals surface area contributed by atoms with Crippen LogP contribution < -0.4 is 0 Å². The van der Waals surface area contributed by atoms with Crippen LogP contribution in [-0.4, -0.2) is 39.9 Å². The predicted octanol–water partition coefficient (Wildman–Crippen LogP) is 5.28. The molecule has 0 aromatic rings. The summed E-state index contributed by atoms with van der Waals surface area (Å²) in [6, 6.07) is 0.0405. The van der Waals surface area contributed by atoms with Gasteiger partial charge in [0.2, 0.25) is 0 Å². The maximum Gasteiger partial charge on any atom is 0.410 e. The molecular formula is C20H39NO3. The second kappa shape index (κ2) is 10.3. The fourth-order valence-corrected chi connectivity index (χ4v) is 3.59. The molecule has 4 heteroatoms. The minimum atomic E-state index is -0.494. The lowest BCUT2D eigenvalue weighted by atomic mass is 10.0. The van der Waals surface area contributed by atoms with E-state index in [2.05, 4.69) is 13.8 Å². The number of hydrogen-bond acceptors (Lipinski definition) is 3. The van der Waals surface area contributed by atoms with E-state index in [1.54, 1.807) is 0 Å². The maximum absolute atomic E-state index is 12.7. The molecule has 0 unspecified atom stereocenters. The van der Waals surface area contributed by atoms with Crippen LogP contribution in [0.3, 0.4) is 0 Å². The summed E-state index contributed by atoms with van der Waals surface area (Å²) in [5, 5.41) is 10.5. The summed E-state index contributed by atoms with van der Waals surface area (Å²) in [7, 11) is 0. The Hall–Kier alpha value is -0.770. The van der Waals surface area contributed by atoms with Gasteiger partial charge in [0, 0.05) is 6.04 Å². The third kappa shape index (κ3) is 7.00. The fraction of sp³-hybridized carbons (Fsp3) is 0.950. The molecular weight excluding hydrogens is 302 g/mol. The monoisotopic (exact) mass is 341 g/mol. The van der Waals surface area contributed by atoms with Crippen molar-refractivity contribution in [3.63, 3.8) is 0 Å². The molecule has 0 saturated carbocycles. The molecule has 1 N–H and O–H groups in total. The van der Waals surface area contributed by atoms with Gasteiger partial charge in [0.15, 0.2) is 0 Å². The Morgan fingerprint density at radius 2 is 1.67 bits per heavy atom. The van der Waals surface area contributed by atoms with Gasteiger partial charge in [-0.3, -0.25) is 4.90 Å². The first-order chi connectivity index (χ1) is 11.3. The van der Waals surface area contributed by atoms with E-state index in [4.69, 9.17) is 4.74 Å². The number of likely N-dealkylation sites (tertiary alicyclic amines) is 1. The van der Waals surface area contributed by atoms with E-state index in [-0.39, 0.29) is 18.2 Å². The number of aliphatic hydroxyl groups excluding tert-OH is 1. The quantitative estimate of drug-likeness (QED) is 0.581. The van der Waals surface area contributed by atoms with E-state index < -0.39 is 11.7 Å². The summed E-state index contributed by atoms with van der Waals surface area (Å²) in [5.74, 6) is 0. The molecule has 0 radical (unpaired) electrons. The first-order valence-electron chi connectivity index (χ1n) is 9.99. The van der Waals surface area contributed by atoms with Gasteiger partial charge in [0.25, 0.3) is 0 Å².